The van der Waals surface area contributed by atoms with Crippen LogP contribution < -0.4 is 5.32 Å². The van der Waals surface area contributed by atoms with Gasteiger partial charge in [-0.15, -0.1) is 0 Å². The molecule has 0 bridgehead atoms. The molecule has 0 saturated carbocycles. The topological polar surface area (TPSA) is 54.3 Å². The van der Waals surface area contributed by atoms with Gasteiger partial charge in [0.25, 0.3) is 0 Å². The first-order valence-corrected chi connectivity index (χ1v) is 8.64. The Balaban J connectivity index is 3.09. The molecule has 0 spiro atoms. The summed E-state index contributed by atoms with van der Waals surface area (Å²) in [7, 11) is 0.115. The van der Waals surface area contributed by atoms with E-state index in [4.69, 9.17) is 0 Å². The maximum absolute atomic E-state index is 12.6. The van der Waals surface area contributed by atoms with Crippen LogP contribution in [0.1, 0.15) is 39.3 Å². The Bertz CT molecular complexity index is 523. The second-order valence-electron chi connectivity index (χ2n) is 5.14. The predicted molar refractivity (Wildman–Crippen MR) is 82.2 cm³/mol. The molecule has 1 atom stereocenters. The van der Waals surface area contributed by atoms with Gasteiger partial charge in [0.15, 0.2) is 0 Å². The summed E-state index contributed by atoms with van der Waals surface area (Å²) >= 11 is 0. The average molecular weight is 301 g/mol. The highest BCUT2D eigenvalue weighted by atomic mass is 32.2. The van der Waals surface area contributed by atoms with Crippen LogP contribution in [0.15, 0.2) is 17.2 Å². The number of hydrogen-bond acceptors (Lipinski definition) is 3. The van der Waals surface area contributed by atoms with Gasteiger partial charge in [-0.1, -0.05) is 13.3 Å². The SMILES string of the molecule is CCCC(C)N(C)S(=O)(=O)c1cc(CNC)n(CC)c1. The Labute approximate surface area is 123 Å². The summed E-state index contributed by atoms with van der Waals surface area (Å²) in [6, 6.07) is 1.78. The van der Waals surface area contributed by atoms with Crippen LogP contribution in [0.5, 0.6) is 0 Å². The van der Waals surface area contributed by atoms with Crippen LogP contribution in [0.2, 0.25) is 0 Å². The lowest BCUT2D eigenvalue weighted by atomic mass is 10.2. The van der Waals surface area contributed by atoms with Crippen molar-refractivity contribution >= 4 is 10.0 Å². The second-order valence-corrected chi connectivity index (χ2v) is 7.14. The van der Waals surface area contributed by atoms with E-state index >= 15 is 0 Å². The van der Waals surface area contributed by atoms with Crippen molar-refractivity contribution in [1.29, 1.82) is 0 Å². The highest BCUT2D eigenvalue weighted by Gasteiger charge is 2.26. The summed E-state index contributed by atoms with van der Waals surface area (Å²) in [5, 5.41) is 3.07. The number of hydrogen-bond donors (Lipinski definition) is 1. The van der Waals surface area contributed by atoms with Gasteiger partial charge >= 0.3 is 0 Å². The molecule has 1 N–H and O–H groups in total. The number of sulfonamides is 1. The zero-order chi connectivity index (χ0) is 15.3. The Morgan fingerprint density at radius 2 is 2.05 bits per heavy atom. The minimum Gasteiger partial charge on any atom is -0.349 e. The molecule has 0 radical (unpaired) electrons. The summed E-state index contributed by atoms with van der Waals surface area (Å²) in [6.07, 6.45) is 3.58. The third-order valence-corrected chi connectivity index (χ3v) is 5.60. The number of aromatic nitrogens is 1. The van der Waals surface area contributed by atoms with Gasteiger partial charge in [0.2, 0.25) is 10.0 Å². The molecule has 1 unspecified atom stereocenters. The number of rotatable bonds is 8. The molecule has 20 heavy (non-hydrogen) atoms. The highest BCUT2D eigenvalue weighted by Crippen LogP contribution is 2.21. The van der Waals surface area contributed by atoms with E-state index in [-0.39, 0.29) is 6.04 Å². The summed E-state index contributed by atoms with van der Waals surface area (Å²) in [5.41, 5.74) is 0.991. The molecule has 1 heterocycles. The average Bonchev–Trinajstić information content (AvgIpc) is 2.82. The third kappa shape index (κ3) is 3.62. The zero-order valence-corrected chi connectivity index (χ0v) is 14.0. The largest absolute Gasteiger partial charge is 0.349 e. The summed E-state index contributed by atoms with van der Waals surface area (Å²) in [6.45, 7) is 7.46. The molecule has 0 saturated heterocycles. The van der Waals surface area contributed by atoms with Crippen LogP contribution in [0.4, 0.5) is 0 Å². The van der Waals surface area contributed by atoms with Gasteiger partial charge < -0.3 is 9.88 Å². The van der Waals surface area contributed by atoms with Crippen molar-refractivity contribution in [2.75, 3.05) is 14.1 Å². The molecule has 0 fully saturated rings. The minimum atomic E-state index is -3.41. The van der Waals surface area contributed by atoms with Gasteiger partial charge in [-0.05, 0) is 33.4 Å². The van der Waals surface area contributed by atoms with Crippen molar-refractivity contribution < 1.29 is 8.42 Å². The number of nitrogens with one attached hydrogen (secondary N) is 1. The van der Waals surface area contributed by atoms with E-state index in [9.17, 15) is 8.42 Å². The molecule has 0 amide bonds. The molecule has 0 aliphatic heterocycles. The standard InChI is InChI=1S/C14H27N3O2S/c1-6-8-12(3)16(5)20(18,19)14-9-13(10-15-4)17(7-2)11-14/h9,11-12,15H,6-8,10H2,1-5H3. The highest BCUT2D eigenvalue weighted by molar-refractivity contribution is 7.89. The van der Waals surface area contributed by atoms with Crippen molar-refractivity contribution in [3.05, 3.63) is 18.0 Å². The van der Waals surface area contributed by atoms with E-state index in [0.29, 0.717) is 11.4 Å². The van der Waals surface area contributed by atoms with E-state index in [0.717, 1.165) is 25.1 Å². The number of nitrogens with zero attached hydrogens (tertiary/aromatic N) is 2. The molecule has 0 aliphatic rings. The van der Waals surface area contributed by atoms with Gasteiger partial charge in [0.05, 0.1) is 0 Å². The van der Waals surface area contributed by atoms with Gasteiger partial charge in [-0.3, -0.25) is 0 Å². The Hall–Kier alpha value is -0.850. The normalized spacial score (nSPS) is 13.9. The van der Waals surface area contributed by atoms with Crippen molar-refractivity contribution in [2.24, 2.45) is 0 Å². The minimum absolute atomic E-state index is 0.0164. The zero-order valence-electron chi connectivity index (χ0n) is 13.2. The maximum Gasteiger partial charge on any atom is 0.244 e. The Morgan fingerprint density at radius 3 is 2.55 bits per heavy atom. The van der Waals surface area contributed by atoms with Gasteiger partial charge in [0, 0.05) is 38.1 Å². The van der Waals surface area contributed by atoms with Crippen LogP contribution >= 0.6 is 0 Å². The third-order valence-electron chi connectivity index (χ3n) is 3.66. The molecule has 1 aromatic rings. The van der Waals surface area contributed by atoms with Crippen LogP contribution in [0.3, 0.4) is 0 Å². The molecule has 6 heteroatoms. The monoisotopic (exact) mass is 301 g/mol. The lowest BCUT2D eigenvalue weighted by Gasteiger charge is -2.23. The maximum atomic E-state index is 12.6. The smallest absolute Gasteiger partial charge is 0.244 e. The van der Waals surface area contributed by atoms with E-state index in [1.165, 1.54) is 4.31 Å². The number of aryl methyl sites for hydroxylation is 1. The van der Waals surface area contributed by atoms with Crippen LogP contribution in [0.25, 0.3) is 0 Å². The Morgan fingerprint density at radius 1 is 1.40 bits per heavy atom. The molecule has 1 rings (SSSR count). The fourth-order valence-electron chi connectivity index (χ4n) is 2.29. The molecule has 5 nitrogen and oxygen atoms in total. The first-order chi connectivity index (χ1) is 9.38. The molecule has 0 aliphatic carbocycles. The van der Waals surface area contributed by atoms with Crippen LogP contribution in [-0.4, -0.2) is 37.4 Å². The lowest BCUT2D eigenvalue weighted by Crippen LogP contribution is -2.34. The van der Waals surface area contributed by atoms with Crippen molar-refractivity contribution in [3.63, 3.8) is 0 Å². The van der Waals surface area contributed by atoms with E-state index < -0.39 is 10.0 Å². The fourth-order valence-corrected chi connectivity index (χ4v) is 3.75. The van der Waals surface area contributed by atoms with E-state index in [1.807, 2.05) is 25.5 Å². The molecular formula is C14H27N3O2S. The van der Waals surface area contributed by atoms with Crippen molar-refractivity contribution in [2.45, 2.75) is 57.6 Å². The first-order valence-electron chi connectivity index (χ1n) is 7.20. The first kappa shape index (κ1) is 17.2. The van der Waals surface area contributed by atoms with Gasteiger partial charge in [-0.2, -0.15) is 4.31 Å². The lowest BCUT2D eigenvalue weighted by molar-refractivity contribution is 0.368. The Kier molecular flexibility index (Phi) is 6.23. The van der Waals surface area contributed by atoms with E-state index in [2.05, 4.69) is 12.2 Å². The van der Waals surface area contributed by atoms with Crippen molar-refractivity contribution in [1.82, 2.24) is 14.2 Å². The van der Waals surface area contributed by atoms with Gasteiger partial charge in [0.1, 0.15) is 4.90 Å². The molecule has 0 aromatic carbocycles. The molecule has 116 valence electrons. The van der Waals surface area contributed by atoms with Crippen LogP contribution in [0, 0.1) is 0 Å². The molecular weight excluding hydrogens is 274 g/mol. The predicted octanol–water partition coefficient (Wildman–Crippen LogP) is 2.04. The van der Waals surface area contributed by atoms with Gasteiger partial charge in [-0.25, -0.2) is 8.42 Å². The quantitative estimate of drug-likeness (QED) is 0.799. The summed E-state index contributed by atoms with van der Waals surface area (Å²) < 4.78 is 28.7. The van der Waals surface area contributed by atoms with Crippen molar-refractivity contribution in [3.8, 4) is 0 Å². The van der Waals surface area contributed by atoms with E-state index in [1.54, 1.807) is 19.3 Å². The van der Waals surface area contributed by atoms with Crippen LogP contribution in [-0.2, 0) is 23.1 Å². The second kappa shape index (κ2) is 7.24. The summed E-state index contributed by atoms with van der Waals surface area (Å²) in [5.74, 6) is 0. The summed E-state index contributed by atoms with van der Waals surface area (Å²) in [4.78, 5) is 0.384. The fraction of sp³-hybridized carbons (Fsp3) is 0.714. The molecule has 1 aromatic heterocycles.